The van der Waals surface area contributed by atoms with E-state index in [1.54, 1.807) is 11.8 Å². The topological polar surface area (TPSA) is 41.6 Å². The molecule has 0 saturated heterocycles. The summed E-state index contributed by atoms with van der Waals surface area (Å²) >= 11 is 1.62. The van der Waals surface area contributed by atoms with Gasteiger partial charge in [-0.1, -0.05) is 18.7 Å². The van der Waals surface area contributed by atoms with E-state index in [1.807, 2.05) is 0 Å². The first-order valence-corrected chi connectivity index (χ1v) is 3.33. The van der Waals surface area contributed by atoms with E-state index in [1.165, 1.54) is 0 Å². The Labute approximate surface area is 51.9 Å². The van der Waals surface area contributed by atoms with Crippen LogP contribution in [0.4, 0.5) is 0 Å². The average molecular weight is 128 g/mol. The molecule has 0 aromatic carbocycles. The molecule has 0 spiro atoms. The number of hydrogen-bond donors (Lipinski definition) is 1. The molecule has 8 heavy (non-hydrogen) atoms. The van der Waals surface area contributed by atoms with Gasteiger partial charge in [0.25, 0.3) is 0 Å². The maximum atomic E-state index is 3.78. The van der Waals surface area contributed by atoms with Gasteiger partial charge in [0.15, 0.2) is 5.16 Å². The number of thioether (sulfide) groups is 1. The average Bonchev–Trinajstić information content (AvgIpc) is 2.19. The number of hydrogen-bond acceptors (Lipinski definition) is 3. The minimum atomic E-state index is 0.840. The molecule has 0 unspecified atom stereocenters. The van der Waals surface area contributed by atoms with Crippen molar-refractivity contribution in [1.82, 2.24) is 15.2 Å². The van der Waals surface area contributed by atoms with E-state index in [2.05, 4.69) is 28.4 Å². The molecule has 1 aromatic heterocycles. The van der Waals surface area contributed by atoms with Crippen LogP contribution in [0.3, 0.4) is 0 Å². The van der Waals surface area contributed by atoms with Crippen LogP contribution in [-0.2, 0) is 0 Å². The van der Waals surface area contributed by atoms with Crippen LogP contribution in [0.5, 0.6) is 0 Å². The molecule has 3 nitrogen and oxygen atoms in total. The number of rotatable bonds is 2. The molecule has 1 radical (unpaired) electrons. The Balaban J connectivity index is 2.50. The standard InChI is InChI=1S/C4H6N3S/c1-2-8-4-5-3-6-7-4/h2H2,1H3,(H,5,6,7). The molecule has 0 fully saturated rings. The summed E-state index contributed by atoms with van der Waals surface area (Å²) in [7, 11) is 0. The van der Waals surface area contributed by atoms with Crippen LogP contribution >= 0.6 is 11.8 Å². The molecule has 0 bridgehead atoms. The van der Waals surface area contributed by atoms with E-state index in [0.29, 0.717) is 0 Å². The van der Waals surface area contributed by atoms with Crippen molar-refractivity contribution in [3.8, 4) is 0 Å². The second-order valence-electron chi connectivity index (χ2n) is 1.17. The summed E-state index contributed by atoms with van der Waals surface area (Å²) in [4.78, 5) is 3.78. The minimum absolute atomic E-state index is 0.840. The van der Waals surface area contributed by atoms with Crippen molar-refractivity contribution in [3.63, 3.8) is 0 Å². The third kappa shape index (κ3) is 1.23. The summed E-state index contributed by atoms with van der Waals surface area (Å²) in [6.45, 7) is 2.06. The lowest BCUT2D eigenvalue weighted by Crippen LogP contribution is -1.73. The monoisotopic (exact) mass is 128 g/mol. The Morgan fingerprint density at radius 1 is 1.88 bits per heavy atom. The van der Waals surface area contributed by atoms with Gasteiger partial charge in [-0.15, -0.1) is 5.10 Å². The molecule has 0 amide bonds. The van der Waals surface area contributed by atoms with Gasteiger partial charge in [-0.05, 0) is 5.75 Å². The Hall–Kier alpha value is -0.510. The van der Waals surface area contributed by atoms with Crippen molar-refractivity contribution in [2.24, 2.45) is 0 Å². The Morgan fingerprint density at radius 2 is 2.75 bits per heavy atom. The summed E-state index contributed by atoms with van der Waals surface area (Å²) < 4.78 is 0. The van der Waals surface area contributed by atoms with Gasteiger partial charge in [0, 0.05) is 0 Å². The third-order valence-electron chi connectivity index (χ3n) is 0.634. The van der Waals surface area contributed by atoms with Crippen molar-refractivity contribution < 1.29 is 0 Å². The van der Waals surface area contributed by atoms with Crippen molar-refractivity contribution in [3.05, 3.63) is 6.33 Å². The van der Waals surface area contributed by atoms with Crippen LogP contribution in [0, 0.1) is 6.33 Å². The first-order chi connectivity index (χ1) is 3.93. The number of nitrogens with one attached hydrogen (secondary N) is 1. The molecule has 0 atom stereocenters. The summed E-state index contributed by atoms with van der Waals surface area (Å²) in [6.07, 6.45) is 2.44. The zero-order valence-electron chi connectivity index (χ0n) is 4.51. The van der Waals surface area contributed by atoms with Crippen LogP contribution < -0.4 is 0 Å². The largest absolute Gasteiger partial charge is 0.253 e. The number of aromatic nitrogens is 3. The fourth-order valence-corrected chi connectivity index (χ4v) is 0.859. The van der Waals surface area contributed by atoms with E-state index in [-0.39, 0.29) is 0 Å². The molecule has 43 valence electrons. The number of aromatic amines is 1. The zero-order valence-corrected chi connectivity index (χ0v) is 5.33. The van der Waals surface area contributed by atoms with Gasteiger partial charge in [-0.2, -0.15) is 4.98 Å². The quantitative estimate of drug-likeness (QED) is 0.596. The first-order valence-electron chi connectivity index (χ1n) is 2.34. The van der Waals surface area contributed by atoms with Gasteiger partial charge in [0.2, 0.25) is 6.33 Å². The van der Waals surface area contributed by atoms with Gasteiger partial charge in [0.1, 0.15) is 0 Å². The molecule has 4 heteroatoms. The zero-order chi connectivity index (χ0) is 5.82. The fourth-order valence-electron chi connectivity index (χ4n) is 0.370. The van der Waals surface area contributed by atoms with Gasteiger partial charge >= 0.3 is 0 Å². The van der Waals surface area contributed by atoms with Crippen LogP contribution in [0.1, 0.15) is 6.92 Å². The van der Waals surface area contributed by atoms with Gasteiger partial charge in [-0.3, -0.25) is 5.10 Å². The summed E-state index contributed by atoms with van der Waals surface area (Å²) in [6, 6.07) is 0. The van der Waals surface area contributed by atoms with Gasteiger partial charge < -0.3 is 0 Å². The highest BCUT2D eigenvalue weighted by atomic mass is 32.2. The van der Waals surface area contributed by atoms with Crippen LogP contribution in [-0.4, -0.2) is 20.9 Å². The smallest absolute Gasteiger partial charge is 0.221 e. The normalized spacial score (nSPS) is 9.62. The van der Waals surface area contributed by atoms with Crippen LogP contribution in [0.15, 0.2) is 5.16 Å². The van der Waals surface area contributed by atoms with Crippen LogP contribution in [0.25, 0.3) is 0 Å². The molecule has 1 N–H and O–H groups in total. The molecule has 1 aromatic rings. The highest BCUT2D eigenvalue weighted by molar-refractivity contribution is 7.99. The summed E-state index contributed by atoms with van der Waals surface area (Å²) in [5, 5.41) is 7.08. The summed E-state index contributed by atoms with van der Waals surface area (Å²) in [5.74, 6) is 1.02. The lowest BCUT2D eigenvalue weighted by molar-refractivity contribution is 0.973. The Morgan fingerprint density at radius 3 is 3.25 bits per heavy atom. The Kier molecular flexibility index (Phi) is 1.91. The molecule has 1 rings (SSSR count). The summed E-state index contributed by atoms with van der Waals surface area (Å²) in [5.41, 5.74) is 0. The predicted octanol–water partition coefficient (Wildman–Crippen LogP) is 0.717. The fraction of sp³-hybridized carbons (Fsp3) is 0.500. The molecule has 0 aliphatic rings. The second-order valence-corrected chi connectivity index (χ2v) is 2.43. The molecule has 1 heterocycles. The lowest BCUT2D eigenvalue weighted by Gasteiger charge is -1.84. The van der Waals surface area contributed by atoms with Crippen molar-refractivity contribution >= 4 is 11.8 Å². The molecule has 0 saturated carbocycles. The number of H-pyrrole nitrogens is 1. The highest BCUT2D eigenvalue weighted by Gasteiger charge is 1.90. The van der Waals surface area contributed by atoms with Gasteiger partial charge in [-0.25, -0.2) is 0 Å². The maximum absolute atomic E-state index is 3.78. The van der Waals surface area contributed by atoms with Crippen molar-refractivity contribution in [2.75, 3.05) is 5.75 Å². The SMILES string of the molecule is CCSc1n[c]n[nH]1. The highest BCUT2D eigenvalue weighted by Crippen LogP contribution is 2.07. The Bertz CT molecular complexity index is 137. The maximum Gasteiger partial charge on any atom is 0.221 e. The molecular formula is C4H6N3S. The third-order valence-corrected chi connectivity index (χ3v) is 1.38. The van der Waals surface area contributed by atoms with Crippen molar-refractivity contribution in [1.29, 1.82) is 0 Å². The lowest BCUT2D eigenvalue weighted by atomic mass is 11.0. The predicted molar refractivity (Wildman–Crippen MR) is 31.6 cm³/mol. The van der Waals surface area contributed by atoms with E-state index in [0.717, 1.165) is 10.9 Å². The van der Waals surface area contributed by atoms with Gasteiger partial charge in [0.05, 0.1) is 0 Å². The van der Waals surface area contributed by atoms with Crippen molar-refractivity contribution in [2.45, 2.75) is 12.1 Å². The first kappa shape index (κ1) is 5.62. The molecule has 0 aliphatic carbocycles. The van der Waals surface area contributed by atoms with E-state index in [4.69, 9.17) is 0 Å². The van der Waals surface area contributed by atoms with E-state index < -0.39 is 0 Å². The van der Waals surface area contributed by atoms with E-state index in [9.17, 15) is 0 Å². The van der Waals surface area contributed by atoms with Crippen LogP contribution in [0.2, 0.25) is 0 Å². The minimum Gasteiger partial charge on any atom is -0.253 e. The second kappa shape index (κ2) is 2.71. The molecule has 0 aliphatic heterocycles. The molecular weight excluding hydrogens is 122 g/mol. The van der Waals surface area contributed by atoms with E-state index >= 15 is 0 Å². The number of nitrogens with zero attached hydrogens (tertiary/aromatic N) is 2.